The molecule has 1 saturated heterocycles. The number of hydrogen-bond acceptors (Lipinski definition) is 5. The van der Waals surface area contributed by atoms with E-state index in [4.69, 9.17) is 0 Å². The molecule has 2 heterocycles. The average Bonchev–Trinajstić information content (AvgIpc) is 2.85. The van der Waals surface area contributed by atoms with Gasteiger partial charge >= 0.3 is 0 Å². The maximum Gasteiger partial charge on any atom is 0.279 e. The van der Waals surface area contributed by atoms with Crippen molar-refractivity contribution in [3.8, 4) is 0 Å². The summed E-state index contributed by atoms with van der Waals surface area (Å²) < 4.78 is 1.58. The van der Waals surface area contributed by atoms with Crippen LogP contribution in [0.4, 0.5) is 0 Å². The summed E-state index contributed by atoms with van der Waals surface area (Å²) in [6.07, 6.45) is 1.27. The van der Waals surface area contributed by atoms with Gasteiger partial charge in [0, 0.05) is 35.5 Å². The van der Waals surface area contributed by atoms with Gasteiger partial charge in [0.05, 0.1) is 0 Å². The summed E-state index contributed by atoms with van der Waals surface area (Å²) in [5.41, 5.74) is 3.13. The molecule has 1 fully saturated rings. The van der Waals surface area contributed by atoms with Crippen LogP contribution < -0.4 is 16.3 Å². The first-order chi connectivity index (χ1) is 7.36. The monoisotopic (exact) mass is 245 g/mol. The van der Waals surface area contributed by atoms with Gasteiger partial charge in [0.25, 0.3) is 5.56 Å². The van der Waals surface area contributed by atoms with Crippen molar-refractivity contribution in [1.82, 2.24) is 9.38 Å². The summed E-state index contributed by atoms with van der Waals surface area (Å²) in [5.74, 6) is 1.05. The van der Waals surface area contributed by atoms with Gasteiger partial charge in [0.2, 0.25) is 0 Å². The summed E-state index contributed by atoms with van der Waals surface area (Å²) in [5, 5.41) is 5.89. The molecule has 0 aromatic carbocycles. The van der Waals surface area contributed by atoms with E-state index in [1.165, 1.54) is 18.0 Å². The van der Waals surface area contributed by atoms with E-state index in [-0.39, 0.29) is 5.56 Å². The zero-order valence-electron chi connectivity index (χ0n) is 8.44. The van der Waals surface area contributed by atoms with Crippen molar-refractivity contribution < 1.29 is 0 Å². The van der Waals surface area contributed by atoms with E-state index < -0.39 is 0 Å². The Hall–Kier alpha value is -0.460. The number of nitrogens with one attached hydrogen (secondary N) is 2. The van der Waals surface area contributed by atoms with Gasteiger partial charge in [0.15, 0.2) is 0 Å². The quantitative estimate of drug-likeness (QED) is 0.744. The Balaban J connectivity index is 1.63. The van der Waals surface area contributed by atoms with Crippen LogP contribution in [0.5, 0.6) is 0 Å². The number of thioether (sulfide) groups is 1. The van der Waals surface area contributed by atoms with Crippen LogP contribution in [0.2, 0.25) is 0 Å². The third-order valence-corrected chi connectivity index (χ3v) is 4.39. The summed E-state index contributed by atoms with van der Waals surface area (Å²) in [4.78, 5) is 11.2. The Bertz CT molecular complexity index is 343. The Morgan fingerprint density at radius 2 is 2.67 bits per heavy atom. The molecule has 1 aliphatic rings. The fourth-order valence-electron chi connectivity index (χ4n) is 1.53. The van der Waals surface area contributed by atoms with Gasteiger partial charge < -0.3 is 10.7 Å². The van der Waals surface area contributed by atoms with E-state index >= 15 is 0 Å². The molecule has 0 saturated carbocycles. The van der Waals surface area contributed by atoms with Gasteiger partial charge in [-0.2, -0.15) is 15.8 Å². The first-order valence-electron chi connectivity index (χ1n) is 5.09. The van der Waals surface area contributed by atoms with E-state index in [9.17, 15) is 4.79 Å². The summed E-state index contributed by atoms with van der Waals surface area (Å²) in [7, 11) is 0. The molecule has 0 bridgehead atoms. The second-order valence-electron chi connectivity index (χ2n) is 3.43. The molecule has 0 spiro atoms. The van der Waals surface area contributed by atoms with Crippen LogP contribution in [0.15, 0.2) is 16.2 Å². The predicted octanol–water partition coefficient (Wildman–Crippen LogP) is 0.548. The third kappa shape index (κ3) is 3.25. The minimum absolute atomic E-state index is 0.0348. The molecule has 1 aromatic rings. The van der Waals surface area contributed by atoms with Crippen LogP contribution in [-0.4, -0.2) is 34.7 Å². The highest BCUT2D eigenvalue weighted by Gasteiger charge is 2.13. The topological polar surface area (TPSA) is 46.1 Å². The number of rotatable bonds is 5. The molecule has 1 unspecified atom stereocenters. The number of nitrogens with zero attached hydrogens (tertiary/aromatic N) is 1. The van der Waals surface area contributed by atoms with Gasteiger partial charge in [-0.15, -0.1) is 0 Å². The maximum absolute atomic E-state index is 11.2. The largest absolute Gasteiger partial charge is 0.316 e. The fourth-order valence-corrected chi connectivity index (χ4v) is 3.22. The van der Waals surface area contributed by atoms with Crippen molar-refractivity contribution >= 4 is 23.3 Å². The molecule has 1 aliphatic heterocycles. The van der Waals surface area contributed by atoms with Crippen LogP contribution in [0.3, 0.4) is 0 Å². The molecule has 0 aliphatic carbocycles. The van der Waals surface area contributed by atoms with E-state index in [1.54, 1.807) is 15.5 Å². The Kier molecular flexibility index (Phi) is 4.10. The van der Waals surface area contributed by atoms with Gasteiger partial charge in [-0.25, -0.2) is 0 Å². The number of aromatic nitrogens is 1. The lowest BCUT2D eigenvalue weighted by Gasteiger charge is -2.08. The van der Waals surface area contributed by atoms with Crippen LogP contribution in [0.25, 0.3) is 0 Å². The summed E-state index contributed by atoms with van der Waals surface area (Å²) >= 11 is 3.38. The highest BCUT2D eigenvalue weighted by Crippen LogP contribution is 2.16. The van der Waals surface area contributed by atoms with Crippen molar-refractivity contribution in [1.29, 1.82) is 0 Å². The minimum Gasteiger partial charge on any atom is -0.316 e. The standard InChI is InChI=1S/C9H15N3OS2/c13-9-2-5-15-12(9)11-4-6-14-8-1-3-10-7-8/h2,5,8,10-11H,1,3-4,6-7H2. The van der Waals surface area contributed by atoms with Crippen molar-refractivity contribution in [2.75, 3.05) is 30.8 Å². The zero-order chi connectivity index (χ0) is 10.5. The Morgan fingerprint density at radius 3 is 3.33 bits per heavy atom. The van der Waals surface area contributed by atoms with Crippen LogP contribution in [0, 0.1) is 0 Å². The lowest BCUT2D eigenvalue weighted by molar-refractivity contribution is 0.858. The van der Waals surface area contributed by atoms with Gasteiger partial charge in [-0.3, -0.25) is 4.79 Å². The van der Waals surface area contributed by atoms with Crippen LogP contribution in [-0.2, 0) is 0 Å². The summed E-state index contributed by atoms with van der Waals surface area (Å²) in [6, 6.07) is 1.58. The first-order valence-corrected chi connectivity index (χ1v) is 6.98. The Labute approximate surface area is 97.2 Å². The first kappa shape index (κ1) is 11.0. The van der Waals surface area contributed by atoms with Crippen molar-refractivity contribution in [2.45, 2.75) is 11.7 Å². The lowest BCUT2D eigenvalue weighted by Crippen LogP contribution is -2.25. The molecule has 15 heavy (non-hydrogen) atoms. The number of hydrogen-bond donors (Lipinski definition) is 2. The maximum atomic E-state index is 11.2. The normalized spacial score (nSPS) is 20.7. The molecule has 84 valence electrons. The second kappa shape index (κ2) is 5.58. The highest BCUT2D eigenvalue weighted by atomic mass is 32.2. The third-order valence-electron chi connectivity index (χ3n) is 2.30. The van der Waals surface area contributed by atoms with E-state index in [2.05, 4.69) is 10.7 Å². The molecule has 2 N–H and O–H groups in total. The molecule has 0 amide bonds. The summed E-state index contributed by atoms with van der Waals surface area (Å²) in [6.45, 7) is 3.13. The van der Waals surface area contributed by atoms with Crippen molar-refractivity contribution in [2.24, 2.45) is 0 Å². The second-order valence-corrected chi connectivity index (χ2v) is 5.69. The smallest absolute Gasteiger partial charge is 0.279 e. The van der Waals surface area contributed by atoms with E-state index in [0.717, 1.165) is 30.6 Å². The van der Waals surface area contributed by atoms with Crippen molar-refractivity contribution in [3.05, 3.63) is 21.8 Å². The average molecular weight is 245 g/mol. The van der Waals surface area contributed by atoms with E-state index in [1.807, 2.05) is 11.8 Å². The molecule has 1 atom stereocenters. The van der Waals surface area contributed by atoms with E-state index in [0.29, 0.717) is 0 Å². The molecule has 1 aromatic heterocycles. The molecular formula is C9H15N3OS2. The van der Waals surface area contributed by atoms with Gasteiger partial charge in [0.1, 0.15) is 0 Å². The Morgan fingerprint density at radius 1 is 1.73 bits per heavy atom. The van der Waals surface area contributed by atoms with Gasteiger partial charge in [-0.05, 0) is 24.5 Å². The van der Waals surface area contributed by atoms with Crippen LogP contribution in [0.1, 0.15) is 6.42 Å². The zero-order valence-corrected chi connectivity index (χ0v) is 10.1. The SMILES string of the molecule is O=c1ccsn1NCCSC1CCNC1. The van der Waals surface area contributed by atoms with Crippen molar-refractivity contribution in [3.63, 3.8) is 0 Å². The molecule has 6 heteroatoms. The van der Waals surface area contributed by atoms with Crippen LogP contribution >= 0.6 is 23.3 Å². The molecular weight excluding hydrogens is 230 g/mol. The molecule has 2 rings (SSSR count). The molecule has 4 nitrogen and oxygen atoms in total. The molecule has 0 radical (unpaired) electrons. The predicted molar refractivity (Wildman–Crippen MR) is 66.5 cm³/mol. The van der Waals surface area contributed by atoms with Gasteiger partial charge in [-0.1, -0.05) is 0 Å². The fraction of sp³-hybridized carbons (Fsp3) is 0.667. The lowest BCUT2D eigenvalue weighted by atomic mass is 10.4. The minimum atomic E-state index is 0.0348. The highest BCUT2D eigenvalue weighted by molar-refractivity contribution is 7.99.